The van der Waals surface area contributed by atoms with Crippen molar-refractivity contribution in [2.45, 2.75) is 18.9 Å². The summed E-state index contributed by atoms with van der Waals surface area (Å²) in [6.45, 7) is 2.83. The summed E-state index contributed by atoms with van der Waals surface area (Å²) >= 11 is 0. The summed E-state index contributed by atoms with van der Waals surface area (Å²) in [7, 11) is 1.67. The Hall–Kier alpha value is -3.23. The fraction of sp³-hybridized carbons (Fsp3) is 0.348. The Kier molecular flexibility index (Phi) is 7.25. The Morgan fingerprint density at radius 3 is 2.65 bits per heavy atom. The maximum absolute atomic E-state index is 6.05. The minimum atomic E-state index is 0.226. The number of nitrogens with one attached hydrogen (secondary N) is 2. The van der Waals surface area contributed by atoms with E-state index in [1.807, 2.05) is 42.5 Å². The maximum Gasteiger partial charge on any atom is 0.227 e. The standard InChI is InChI=1S/C23H27N5O3/c1-29-15-12-25-22-16-18(6-10-24-22)27-23-26-11-7-21(28-23)17-2-4-19(5-3-17)31-20-8-13-30-14-9-20/h2-7,10-11,16,20H,8-9,12-15H2,1H3,(H2,24,25,26,27,28). The highest BCUT2D eigenvalue weighted by Crippen LogP contribution is 2.24. The Morgan fingerprint density at radius 1 is 1.03 bits per heavy atom. The van der Waals surface area contributed by atoms with Gasteiger partial charge in [-0.05, 0) is 36.4 Å². The first kappa shape index (κ1) is 21.0. The Balaban J connectivity index is 1.40. The van der Waals surface area contributed by atoms with E-state index >= 15 is 0 Å². The third-order valence-electron chi connectivity index (χ3n) is 4.91. The second-order valence-electron chi connectivity index (χ2n) is 7.19. The zero-order valence-electron chi connectivity index (χ0n) is 17.6. The van der Waals surface area contributed by atoms with E-state index in [9.17, 15) is 0 Å². The summed E-state index contributed by atoms with van der Waals surface area (Å²) < 4.78 is 16.5. The highest BCUT2D eigenvalue weighted by Gasteiger charge is 2.15. The van der Waals surface area contributed by atoms with Crippen molar-refractivity contribution >= 4 is 17.5 Å². The molecule has 0 spiro atoms. The van der Waals surface area contributed by atoms with Gasteiger partial charge in [0.15, 0.2) is 0 Å². The SMILES string of the molecule is COCCNc1cc(Nc2nccc(-c3ccc(OC4CCOCC4)cc3)n2)ccn1. The molecular formula is C23H27N5O3. The molecule has 3 aromatic rings. The van der Waals surface area contributed by atoms with Gasteiger partial charge in [-0.2, -0.15) is 0 Å². The lowest BCUT2D eigenvalue weighted by atomic mass is 10.1. The number of nitrogens with zero attached hydrogens (tertiary/aromatic N) is 3. The predicted molar refractivity (Wildman–Crippen MR) is 120 cm³/mol. The van der Waals surface area contributed by atoms with Gasteiger partial charge in [-0.25, -0.2) is 15.0 Å². The number of pyridine rings is 1. The summed E-state index contributed by atoms with van der Waals surface area (Å²) in [5.41, 5.74) is 2.69. The minimum absolute atomic E-state index is 0.226. The summed E-state index contributed by atoms with van der Waals surface area (Å²) in [4.78, 5) is 13.3. The fourth-order valence-electron chi connectivity index (χ4n) is 3.29. The predicted octanol–water partition coefficient (Wildman–Crippen LogP) is 3.90. The van der Waals surface area contributed by atoms with Crippen molar-refractivity contribution in [2.24, 2.45) is 0 Å². The second kappa shape index (κ2) is 10.7. The molecule has 2 aromatic heterocycles. The average molecular weight is 422 g/mol. The van der Waals surface area contributed by atoms with Gasteiger partial charge in [0, 0.05) is 56.2 Å². The molecule has 0 bridgehead atoms. The molecule has 1 saturated heterocycles. The van der Waals surface area contributed by atoms with Crippen LogP contribution in [-0.4, -0.2) is 54.5 Å². The number of rotatable bonds is 9. The number of ether oxygens (including phenoxy) is 3. The maximum atomic E-state index is 6.05. The van der Waals surface area contributed by atoms with E-state index in [2.05, 4.69) is 25.6 Å². The summed E-state index contributed by atoms with van der Waals surface area (Å²) in [5.74, 6) is 2.15. The van der Waals surface area contributed by atoms with Crippen molar-refractivity contribution in [1.82, 2.24) is 15.0 Å². The minimum Gasteiger partial charge on any atom is -0.490 e. The van der Waals surface area contributed by atoms with Crippen molar-refractivity contribution in [3.8, 4) is 17.0 Å². The van der Waals surface area contributed by atoms with Crippen molar-refractivity contribution in [3.05, 3.63) is 54.9 Å². The van der Waals surface area contributed by atoms with Crippen LogP contribution in [0.3, 0.4) is 0 Å². The molecular weight excluding hydrogens is 394 g/mol. The van der Waals surface area contributed by atoms with Crippen LogP contribution in [-0.2, 0) is 9.47 Å². The molecule has 0 atom stereocenters. The quantitative estimate of drug-likeness (QED) is 0.503. The van der Waals surface area contributed by atoms with E-state index < -0.39 is 0 Å². The van der Waals surface area contributed by atoms with Crippen LogP contribution in [0.2, 0.25) is 0 Å². The van der Waals surface area contributed by atoms with Crippen molar-refractivity contribution in [3.63, 3.8) is 0 Å². The smallest absolute Gasteiger partial charge is 0.227 e. The number of hydrogen-bond donors (Lipinski definition) is 2. The molecule has 0 saturated carbocycles. The van der Waals surface area contributed by atoms with Crippen LogP contribution in [0.4, 0.5) is 17.5 Å². The van der Waals surface area contributed by atoms with Crippen LogP contribution in [0.5, 0.6) is 5.75 Å². The topological polar surface area (TPSA) is 90.4 Å². The summed E-state index contributed by atoms with van der Waals surface area (Å²) in [5, 5.41) is 6.45. The van der Waals surface area contributed by atoms with Crippen molar-refractivity contribution in [1.29, 1.82) is 0 Å². The Morgan fingerprint density at radius 2 is 1.84 bits per heavy atom. The van der Waals surface area contributed by atoms with E-state index in [1.165, 1.54) is 0 Å². The van der Waals surface area contributed by atoms with Crippen molar-refractivity contribution < 1.29 is 14.2 Å². The normalized spacial score (nSPS) is 14.2. The highest BCUT2D eigenvalue weighted by atomic mass is 16.5. The average Bonchev–Trinajstić information content (AvgIpc) is 2.81. The van der Waals surface area contributed by atoms with Crippen LogP contribution in [0.25, 0.3) is 11.3 Å². The molecule has 1 fully saturated rings. The largest absolute Gasteiger partial charge is 0.490 e. The van der Waals surface area contributed by atoms with Crippen molar-refractivity contribution in [2.75, 3.05) is 44.1 Å². The number of hydrogen-bond acceptors (Lipinski definition) is 8. The third kappa shape index (κ3) is 6.13. The molecule has 0 aliphatic carbocycles. The van der Waals surface area contributed by atoms with Gasteiger partial charge in [-0.1, -0.05) is 0 Å². The molecule has 4 rings (SSSR count). The van der Waals surface area contributed by atoms with Crippen LogP contribution in [0.1, 0.15) is 12.8 Å². The van der Waals surface area contributed by atoms with Gasteiger partial charge < -0.3 is 24.8 Å². The molecule has 8 heteroatoms. The number of aromatic nitrogens is 3. The monoisotopic (exact) mass is 421 g/mol. The van der Waals surface area contributed by atoms with Gasteiger partial charge >= 0.3 is 0 Å². The number of methoxy groups -OCH3 is 1. The van der Waals surface area contributed by atoms with Gasteiger partial charge in [-0.15, -0.1) is 0 Å². The van der Waals surface area contributed by atoms with Crippen LogP contribution in [0, 0.1) is 0 Å². The van der Waals surface area contributed by atoms with Gasteiger partial charge in [0.25, 0.3) is 0 Å². The lowest BCUT2D eigenvalue weighted by molar-refractivity contribution is 0.0256. The second-order valence-corrected chi connectivity index (χ2v) is 7.19. The van der Waals surface area contributed by atoms with E-state index in [0.717, 1.165) is 54.6 Å². The first-order valence-corrected chi connectivity index (χ1v) is 10.4. The molecule has 3 heterocycles. The number of anilines is 3. The molecule has 8 nitrogen and oxygen atoms in total. The number of benzene rings is 1. The first-order chi connectivity index (χ1) is 15.3. The molecule has 1 aliphatic rings. The lowest BCUT2D eigenvalue weighted by Gasteiger charge is -2.23. The van der Waals surface area contributed by atoms with E-state index in [-0.39, 0.29) is 6.10 Å². The molecule has 0 unspecified atom stereocenters. The third-order valence-corrected chi connectivity index (χ3v) is 4.91. The van der Waals surface area contributed by atoms with Crippen LogP contribution in [0.15, 0.2) is 54.9 Å². The Bertz CT molecular complexity index is 961. The molecule has 0 radical (unpaired) electrons. The molecule has 31 heavy (non-hydrogen) atoms. The van der Waals surface area contributed by atoms with Crippen LogP contribution >= 0.6 is 0 Å². The molecule has 0 amide bonds. The fourth-order valence-corrected chi connectivity index (χ4v) is 3.29. The molecule has 1 aromatic carbocycles. The van der Waals surface area contributed by atoms with Gasteiger partial charge in [-0.3, -0.25) is 0 Å². The van der Waals surface area contributed by atoms with Gasteiger partial charge in [0.2, 0.25) is 5.95 Å². The highest BCUT2D eigenvalue weighted by molar-refractivity contribution is 5.63. The first-order valence-electron chi connectivity index (χ1n) is 10.4. The van der Waals surface area contributed by atoms with E-state index in [4.69, 9.17) is 14.2 Å². The summed E-state index contributed by atoms with van der Waals surface area (Å²) in [6.07, 6.45) is 5.57. The van der Waals surface area contributed by atoms with Gasteiger partial charge in [0.1, 0.15) is 17.7 Å². The van der Waals surface area contributed by atoms with E-state index in [0.29, 0.717) is 19.1 Å². The lowest BCUT2D eigenvalue weighted by Crippen LogP contribution is -2.25. The summed E-state index contributed by atoms with van der Waals surface area (Å²) in [6, 6.07) is 13.7. The zero-order chi connectivity index (χ0) is 21.3. The van der Waals surface area contributed by atoms with E-state index in [1.54, 1.807) is 19.5 Å². The zero-order valence-corrected chi connectivity index (χ0v) is 17.6. The molecule has 1 aliphatic heterocycles. The molecule has 162 valence electrons. The van der Waals surface area contributed by atoms with Crippen LogP contribution < -0.4 is 15.4 Å². The van der Waals surface area contributed by atoms with Gasteiger partial charge in [0.05, 0.1) is 25.5 Å². The molecule has 2 N–H and O–H groups in total. The Labute approximate surface area is 182 Å².